The Morgan fingerprint density at radius 1 is 1.26 bits per heavy atom. The summed E-state index contributed by atoms with van der Waals surface area (Å²) in [6.07, 6.45) is 2.16. The number of nitrogens with zero attached hydrogens (tertiary/aromatic N) is 2. The number of hydrogen-bond donors (Lipinski definition) is 1. The van der Waals surface area contributed by atoms with Crippen molar-refractivity contribution in [1.82, 2.24) is 9.88 Å². The summed E-state index contributed by atoms with van der Waals surface area (Å²) in [5, 5.41) is 9.70. The highest BCUT2D eigenvalue weighted by Gasteiger charge is 2.48. The third-order valence-corrected chi connectivity index (χ3v) is 5.51. The first-order valence-electron chi connectivity index (χ1n) is 9.01. The molecule has 27 heavy (non-hydrogen) atoms. The van der Waals surface area contributed by atoms with Crippen molar-refractivity contribution < 1.29 is 19.4 Å². The molecule has 142 valence electrons. The van der Waals surface area contributed by atoms with E-state index in [9.17, 15) is 14.7 Å². The van der Waals surface area contributed by atoms with Gasteiger partial charge in [-0.1, -0.05) is 19.9 Å². The normalized spacial score (nSPS) is 19.3. The van der Waals surface area contributed by atoms with Crippen molar-refractivity contribution in [2.75, 3.05) is 20.2 Å². The first-order chi connectivity index (χ1) is 12.9. The molecule has 1 aromatic heterocycles. The van der Waals surface area contributed by atoms with Gasteiger partial charge in [0.15, 0.2) is 0 Å². The molecule has 1 aromatic carbocycles. The van der Waals surface area contributed by atoms with Crippen LogP contribution in [0.2, 0.25) is 0 Å². The van der Waals surface area contributed by atoms with Gasteiger partial charge < -0.3 is 14.7 Å². The van der Waals surface area contributed by atoms with Gasteiger partial charge in [0.2, 0.25) is 0 Å². The van der Waals surface area contributed by atoms with Crippen LogP contribution in [0, 0.1) is 11.3 Å². The number of likely N-dealkylation sites (tertiary alicyclic amines) is 1. The maximum atomic E-state index is 13.0. The number of ether oxygens (including phenoxy) is 1. The molecule has 0 aliphatic carbocycles. The zero-order valence-electron chi connectivity index (χ0n) is 15.8. The van der Waals surface area contributed by atoms with Gasteiger partial charge in [-0.25, -0.2) is 0 Å². The summed E-state index contributed by atoms with van der Waals surface area (Å²) in [5.41, 5.74) is 1.07. The molecule has 1 unspecified atom stereocenters. The minimum absolute atomic E-state index is 0.0484. The predicted molar refractivity (Wildman–Crippen MR) is 102 cm³/mol. The standard InChI is InChI=1S/C21H24N2O4/c1-14(2)21(20(25)26)9-11-23(13-21)19(24)15-7-8-18(27-3)16(12-15)17-6-4-5-10-22-17/h4-8,10,12,14H,9,11,13H2,1-3H3,(H,25,26). The number of carboxylic acid groups (broad SMARTS) is 1. The Hall–Kier alpha value is -2.89. The first kappa shape index (κ1) is 18.9. The van der Waals surface area contributed by atoms with Gasteiger partial charge in [0.1, 0.15) is 5.75 Å². The van der Waals surface area contributed by atoms with E-state index in [0.717, 1.165) is 5.56 Å². The lowest BCUT2D eigenvalue weighted by Crippen LogP contribution is -2.40. The summed E-state index contributed by atoms with van der Waals surface area (Å²) in [6, 6.07) is 10.8. The maximum Gasteiger partial charge on any atom is 0.311 e. The van der Waals surface area contributed by atoms with E-state index in [1.165, 1.54) is 0 Å². The molecule has 0 saturated carbocycles. The summed E-state index contributed by atoms with van der Waals surface area (Å²) in [4.78, 5) is 30.8. The van der Waals surface area contributed by atoms with E-state index < -0.39 is 11.4 Å². The molecule has 1 aliphatic heterocycles. The van der Waals surface area contributed by atoms with E-state index in [4.69, 9.17) is 4.74 Å². The largest absolute Gasteiger partial charge is 0.496 e. The number of amides is 1. The van der Waals surface area contributed by atoms with Crippen LogP contribution in [0.15, 0.2) is 42.6 Å². The molecular weight excluding hydrogens is 344 g/mol. The quantitative estimate of drug-likeness (QED) is 0.876. The monoisotopic (exact) mass is 368 g/mol. The van der Waals surface area contributed by atoms with Crippen molar-refractivity contribution in [1.29, 1.82) is 0 Å². The Kier molecular flexibility index (Phi) is 5.17. The smallest absolute Gasteiger partial charge is 0.311 e. The number of rotatable bonds is 5. The van der Waals surface area contributed by atoms with E-state index in [0.29, 0.717) is 30.0 Å². The van der Waals surface area contributed by atoms with Crippen LogP contribution in [0.4, 0.5) is 0 Å². The number of pyridine rings is 1. The van der Waals surface area contributed by atoms with Crippen LogP contribution in [0.1, 0.15) is 30.6 Å². The van der Waals surface area contributed by atoms with E-state index in [1.807, 2.05) is 32.0 Å². The number of methoxy groups -OCH3 is 1. The average molecular weight is 368 g/mol. The molecule has 3 rings (SSSR count). The lowest BCUT2D eigenvalue weighted by Gasteiger charge is -2.28. The summed E-state index contributed by atoms with van der Waals surface area (Å²) in [7, 11) is 1.58. The van der Waals surface area contributed by atoms with E-state index in [-0.39, 0.29) is 18.4 Å². The van der Waals surface area contributed by atoms with Gasteiger partial charge in [-0.15, -0.1) is 0 Å². The number of aromatic nitrogens is 1. The Morgan fingerprint density at radius 3 is 2.59 bits per heavy atom. The Labute approximate surface area is 158 Å². The molecule has 1 aliphatic rings. The Morgan fingerprint density at radius 2 is 2.04 bits per heavy atom. The van der Waals surface area contributed by atoms with Crippen molar-refractivity contribution in [3.05, 3.63) is 48.2 Å². The molecule has 1 fully saturated rings. The summed E-state index contributed by atoms with van der Waals surface area (Å²) in [5.74, 6) is -0.420. The van der Waals surface area contributed by atoms with E-state index >= 15 is 0 Å². The molecule has 6 nitrogen and oxygen atoms in total. The molecule has 2 aromatic rings. The molecule has 0 bridgehead atoms. The third-order valence-electron chi connectivity index (χ3n) is 5.51. The molecule has 0 spiro atoms. The molecule has 1 saturated heterocycles. The molecule has 1 N–H and O–H groups in total. The van der Waals surface area contributed by atoms with Crippen LogP contribution in [0.3, 0.4) is 0 Å². The topological polar surface area (TPSA) is 79.7 Å². The fraction of sp³-hybridized carbons (Fsp3) is 0.381. The van der Waals surface area contributed by atoms with Crippen molar-refractivity contribution in [2.45, 2.75) is 20.3 Å². The molecule has 1 amide bonds. The van der Waals surface area contributed by atoms with Gasteiger partial charge in [-0.3, -0.25) is 14.6 Å². The minimum atomic E-state index is -0.883. The van der Waals surface area contributed by atoms with Crippen LogP contribution >= 0.6 is 0 Å². The number of carbonyl (C=O) groups excluding carboxylic acids is 1. The Balaban J connectivity index is 1.91. The van der Waals surface area contributed by atoms with Crippen LogP contribution in [0.25, 0.3) is 11.3 Å². The van der Waals surface area contributed by atoms with Gasteiger partial charge in [0.05, 0.1) is 18.2 Å². The number of benzene rings is 1. The van der Waals surface area contributed by atoms with Crippen LogP contribution in [-0.2, 0) is 4.79 Å². The minimum Gasteiger partial charge on any atom is -0.496 e. The number of carboxylic acids is 1. The van der Waals surface area contributed by atoms with E-state index in [1.54, 1.807) is 36.4 Å². The summed E-state index contributed by atoms with van der Waals surface area (Å²) in [6.45, 7) is 4.46. The van der Waals surface area contributed by atoms with Crippen LogP contribution < -0.4 is 4.74 Å². The zero-order chi connectivity index (χ0) is 19.6. The second-order valence-corrected chi connectivity index (χ2v) is 7.22. The third kappa shape index (κ3) is 3.39. The maximum absolute atomic E-state index is 13.0. The molecule has 6 heteroatoms. The molecular formula is C21H24N2O4. The second kappa shape index (κ2) is 7.39. The second-order valence-electron chi connectivity index (χ2n) is 7.22. The van der Waals surface area contributed by atoms with Gasteiger partial charge in [0.25, 0.3) is 5.91 Å². The summed E-state index contributed by atoms with van der Waals surface area (Å²) >= 11 is 0. The Bertz CT molecular complexity index is 851. The molecule has 1 atom stereocenters. The van der Waals surface area contributed by atoms with Gasteiger partial charge in [0, 0.05) is 30.4 Å². The van der Waals surface area contributed by atoms with E-state index in [2.05, 4.69) is 4.98 Å². The van der Waals surface area contributed by atoms with Gasteiger partial charge in [-0.05, 0) is 42.7 Å². The predicted octanol–water partition coefficient (Wildman–Crippen LogP) is 3.33. The highest BCUT2D eigenvalue weighted by atomic mass is 16.5. The molecule has 0 radical (unpaired) electrons. The number of hydrogen-bond acceptors (Lipinski definition) is 4. The average Bonchev–Trinajstić information content (AvgIpc) is 3.14. The highest BCUT2D eigenvalue weighted by Crippen LogP contribution is 2.39. The van der Waals surface area contributed by atoms with Crippen molar-refractivity contribution in [3.63, 3.8) is 0 Å². The van der Waals surface area contributed by atoms with Crippen molar-refractivity contribution >= 4 is 11.9 Å². The van der Waals surface area contributed by atoms with Crippen LogP contribution in [0.5, 0.6) is 5.75 Å². The number of aliphatic carboxylic acids is 1. The fourth-order valence-corrected chi connectivity index (χ4v) is 3.65. The summed E-state index contributed by atoms with van der Waals surface area (Å²) < 4.78 is 5.41. The molecule has 2 heterocycles. The van der Waals surface area contributed by atoms with Crippen LogP contribution in [-0.4, -0.2) is 47.1 Å². The fourth-order valence-electron chi connectivity index (χ4n) is 3.65. The van der Waals surface area contributed by atoms with Gasteiger partial charge >= 0.3 is 5.97 Å². The highest BCUT2D eigenvalue weighted by molar-refractivity contribution is 5.96. The SMILES string of the molecule is COc1ccc(C(=O)N2CCC(C(=O)O)(C(C)C)C2)cc1-c1ccccn1. The van der Waals surface area contributed by atoms with Gasteiger partial charge in [-0.2, -0.15) is 0 Å². The van der Waals surface area contributed by atoms with Crippen molar-refractivity contribution in [2.24, 2.45) is 11.3 Å². The van der Waals surface area contributed by atoms with Crippen molar-refractivity contribution in [3.8, 4) is 17.0 Å². The lowest BCUT2D eigenvalue weighted by molar-refractivity contribution is -0.150. The first-order valence-corrected chi connectivity index (χ1v) is 9.01. The zero-order valence-corrected chi connectivity index (χ0v) is 15.8. The lowest BCUT2D eigenvalue weighted by atomic mass is 9.76. The number of carbonyl (C=O) groups is 2.